The first kappa shape index (κ1) is 62.3. The Hall–Kier alpha value is -1.66. The highest BCUT2D eigenvalue weighted by Gasteiger charge is 2.24. The van der Waals surface area contributed by atoms with Crippen molar-refractivity contribution in [2.45, 2.75) is 328 Å². The van der Waals surface area contributed by atoms with Crippen LogP contribution in [0.4, 0.5) is 0 Å². The summed E-state index contributed by atoms with van der Waals surface area (Å²) >= 11 is 0. The van der Waals surface area contributed by atoms with Gasteiger partial charge in [0.1, 0.15) is 6.10 Å². The van der Waals surface area contributed by atoms with Gasteiger partial charge in [-0.15, -0.1) is 0 Å². The average molecular weight is 903 g/mol. The third kappa shape index (κ3) is 46.9. The Morgan fingerprint density at radius 1 is 0.438 bits per heavy atom. The number of aliphatic hydroxyl groups is 2. The standard InChI is InChI=1S/C58H111NO5/c1-4-7-10-13-16-19-22-25-28-29-30-32-35-38-41-44-47-50-56(61)55(53-60)59-57(62)52-54(49-46-43-40-37-34-31-26-23-20-17-14-11-8-5-2)64-58(63)51-48-45-42-39-36-33-27-24-21-18-15-12-9-6-3/h31,33-34,36,54-56,60-61H,4-30,32,35,37-53H2,1-3H3,(H,59,62)/b34-31+,36-33-. The first-order valence-corrected chi connectivity index (χ1v) is 28.6. The van der Waals surface area contributed by atoms with E-state index in [1.807, 2.05) is 0 Å². The minimum atomic E-state index is -0.791. The molecule has 0 aromatic rings. The summed E-state index contributed by atoms with van der Waals surface area (Å²) in [6, 6.07) is -0.706. The lowest BCUT2D eigenvalue weighted by atomic mass is 10.0. The first-order chi connectivity index (χ1) is 31.5. The van der Waals surface area contributed by atoms with Crippen LogP contribution in [-0.2, 0) is 14.3 Å². The third-order valence-electron chi connectivity index (χ3n) is 13.3. The molecule has 0 radical (unpaired) electrons. The number of carbonyl (C=O) groups is 2. The van der Waals surface area contributed by atoms with Gasteiger partial charge < -0.3 is 20.3 Å². The van der Waals surface area contributed by atoms with E-state index in [1.54, 1.807) is 0 Å². The fourth-order valence-corrected chi connectivity index (χ4v) is 8.89. The Morgan fingerprint density at radius 2 is 0.750 bits per heavy atom. The summed E-state index contributed by atoms with van der Waals surface area (Å²) in [5, 5.41) is 23.9. The van der Waals surface area contributed by atoms with E-state index in [0.29, 0.717) is 19.3 Å². The monoisotopic (exact) mass is 902 g/mol. The molecule has 0 fully saturated rings. The van der Waals surface area contributed by atoms with Crippen molar-refractivity contribution in [2.75, 3.05) is 6.61 Å². The van der Waals surface area contributed by atoms with E-state index in [0.717, 1.165) is 64.2 Å². The molecule has 3 atom stereocenters. The Balaban J connectivity index is 4.53. The lowest BCUT2D eigenvalue weighted by molar-refractivity contribution is -0.151. The molecule has 0 aliphatic rings. The topological polar surface area (TPSA) is 95.9 Å². The van der Waals surface area contributed by atoms with Crippen molar-refractivity contribution in [3.05, 3.63) is 24.3 Å². The fraction of sp³-hybridized carbons (Fsp3) is 0.897. The zero-order valence-electron chi connectivity index (χ0n) is 43.2. The van der Waals surface area contributed by atoms with Crippen LogP contribution in [0.25, 0.3) is 0 Å². The quantitative estimate of drug-likeness (QED) is 0.0321. The van der Waals surface area contributed by atoms with Gasteiger partial charge in [0.2, 0.25) is 5.91 Å². The molecule has 3 N–H and O–H groups in total. The molecule has 0 aliphatic carbocycles. The molecule has 1 amide bonds. The Morgan fingerprint density at radius 3 is 1.12 bits per heavy atom. The van der Waals surface area contributed by atoms with Gasteiger partial charge in [-0.1, -0.05) is 244 Å². The molecule has 0 heterocycles. The zero-order chi connectivity index (χ0) is 46.7. The SMILES string of the molecule is CCCCCCCCC/C=C\CCCCCC(=O)OC(CCCCC/C=C/CCCCCCCCC)CC(=O)NC(CO)C(O)CCCCCCCCCCCCCCCCCCC. The van der Waals surface area contributed by atoms with E-state index in [1.165, 1.54) is 199 Å². The van der Waals surface area contributed by atoms with Crippen molar-refractivity contribution in [1.29, 1.82) is 0 Å². The number of hydrogen-bond acceptors (Lipinski definition) is 5. The lowest BCUT2D eigenvalue weighted by Gasteiger charge is -2.24. The highest BCUT2D eigenvalue weighted by Crippen LogP contribution is 2.18. The van der Waals surface area contributed by atoms with Crippen LogP contribution in [0, 0.1) is 0 Å². The summed E-state index contributed by atoms with van der Waals surface area (Å²) in [4.78, 5) is 26.2. The van der Waals surface area contributed by atoms with E-state index in [4.69, 9.17) is 4.74 Å². The molecule has 6 heteroatoms. The van der Waals surface area contributed by atoms with Crippen LogP contribution < -0.4 is 5.32 Å². The Labute approximate surface area is 399 Å². The molecule has 64 heavy (non-hydrogen) atoms. The third-order valence-corrected chi connectivity index (χ3v) is 13.3. The van der Waals surface area contributed by atoms with Gasteiger partial charge in [-0.3, -0.25) is 9.59 Å². The van der Waals surface area contributed by atoms with Crippen molar-refractivity contribution in [2.24, 2.45) is 0 Å². The second-order valence-corrected chi connectivity index (χ2v) is 19.7. The first-order valence-electron chi connectivity index (χ1n) is 28.6. The number of amides is 1. The van der Waals surface area contributed by atoms with Crippen molar-refractivity contribution in [1.82, 2.24) is 5.32 Å². The molecule has 0 aromatic heterocycles. The Kier molecular flexibility index (Phi) is 51.0. The van der Waals surface area contributed by atoms with Crippen LogP contribution in [0.15, 0.2) is 24.3 Å². The number of hydrogen-bond donors (Lipinski definition) is 3. The van der Waals surface area contributed by atoms with E-state index in [2.05, 4.69) is 50.4 Å². The predicted molar refractivity (Wildman–Crippen MR) is 278 cm³/mol. The molecule has 3 unspecified atom stereocenters. The van der Waals surface area contributed by atoms with E-state index < -0.39 is 18.2 Å². The van der Waals surface area contributed by atoms with Gasteiger partial charge in [-0.2, -0.15) is 0 Å². The maximum atomic E-state index is 13.2. The molecule has 0 rings (SSSR count). The fourth-order valence-electron chi connectivity index (χ4n) is 8.89. The predicted octanol–water partition coefficient (Wildman–Crippen LogP) is 17.5. The summed E-state index contributed by atoms with van der Waals surface area (Å²) in [5.74, 6) is -0.493. The number of carbonyl (C=O) groups excluding carboxylic acids is 2. The van der Waals surface area contributed by atoms with Crippen LogP contribution >= 0.6 is 0 Å². The molecular weight excluding hydrogens is 791 g/mol. The molecule has 378 valence electrons. The molecule has 0 spiro atoms. The number of aliphatic hydroxyl groups excluding tert-OH is 2. The number of esters is 1. The number of allylic oxidation sites excluding steroid dienone is 4. The minimum Gasteiger partial charge on any atom is -0.462 e. The minimum absolute atomic E-state index is 0.0654. The molecule has 0 saturated heterocycles. The second-order valence-electron chi connectivity index (χ2n) is 19.7. The zero-order valence-corrected chi connectivity index (χ0v) is 43.2. The van der Waals surface area contributed by atoms with E-state index >= 15 is 0 Å². The molecular formula is C58H111NO5. The van der Waals surface area contributed by atoms with E-state index in [-0.39, 0.29) is 24.9 Å². The molecule has 0 aliphatic heterocycles. The van der Waals surface area contributed by atoms with Gasteiger partial charge in [-0.05, 0) is 77.0 Å². The van der Waals surface area contributed by atoms with Crippen molar-refractivity contribution < 1.29 is 24.5 Å². The second kappa shape index (κ2) is 52.3. The van der Waals surface area contributed by atoms with Gasteiger partial charge in [0.15, 0.2) is 0 Å². The van der Waals surface area contributed by atoms with Crippen molar-refractivity contribution in [3.8, 4) is 0 Å². The lowest BCUT2D eigenvalue weighted by Crippen LogP contribution is -2.46. The summed E-state index contributed by atoms with van der Waals surface area (Å²) in [7, 11) is 0. The van der Waals surface area contributed by atoms with Crippen LogP contribution in [0.1, 0.15) is 310 Å². The summed E-state index contributed by atoms with van der Waals surface area (Å²) < 4.78 is 5.94. The van der Waals surface area contributed by atoms with Gasteiger partial charge in [0.25, 0.3) is 0 Å². The van der Waals surface area contributed by atoms with Gasteiger partial charge in [0.05, 0.1) is 25.2 Å². The molecule has 0 saturated carbocycles. The number of ether oxygens (including phenoxy) is 1. The Bertz CT molecular complexity index is 1010. The maximum absolute atomic E-state index is 13.2. The van der Waals surface area contributed by atoms with Crippen LogP contribution in [0.5, 0.6) is 0 Å². The van der Waals surface area contributed by atoms with Crippen molar-refractivity contribution in [3.63, 3.8) is 0 Å². The number of nitrogens with one attached hydrogen (secondary N) is 1. The summed E-state index contributed by atoms with van der Waals surface area (Å²) in [5.41, 5.74) is 0. The van der Waals surface area contributed by atoms with Gasteiger partial charge in [0, 0.05) is 6.42 Å². The largest absolute Gasteiger partial charge is 0.462 e. The summed E-state index contributed by atoms with van der Waals surface area (Å²) in [6.07, 6.45) is 61.0. The number of rotatable bonds is 52. The maximum Gasteiger partial charge on any atom is 0.306 e. The summed E-state index contributed by atoms with van der Waals surface area (Å²) in [6.45, 7) is 6.50. The molecule has 6 nitrogen and oxygen atoms in total. The van der Waals surface area contributed by atoms with Gasteiger partial charge >= 0.3 is 5.97 Å². The molecule has 0 aromatic carbocycles. The van der Waals surface area contributed by atoms with Crippen LogP contribution in [-0.4, -0.2) is 46.9 Å². The van der Waals surface area contributed by atoms with E-state index in [9.17, 15) is 19.8 Å². The average Bonchev–Trinajstić information content (AvgIpc) is 3.29. The molecule has 0 bridgehead atoms. The van der Waals surface area contributed by atoms with Crippen molar-refractivity contribution >= 4 is 11.9 Å². The van der Waals surface area contributed by atoms with Crippen LogP contribution in [0.3, 0.4) is 0 Å². The normalized spacial score (nSPS) is 13.3. The van der Waals surface area contributed by atoms with Gasteiger partial charge in [-0.25, -0.2) is 0 Å². The highest BCUT2D eigenvalue weighted by atomic mass is 16.5. The number of unbranched alkanes of at least 4 members (excludes halogenated alkanes) is 36. The smallest absolute Gasteiger partial charge is 0.306 e. The van der Waals surface area contributed by atoms with Crippen LogP contribution in [0.2, 0.25) is 0 Å². The highest BCUT2D eigenvalue weighted by molar-refractivity contribution is 5.77.